The molecule has 2 aromatic carbocycles. The van der Waals surface area contributed by atoms with E-state index >= 15 is 0 Å². The Kier molecular flexibility index (Phi) is 4.30. The fraction of sp³-hybridized carbons (Fsp3) is 0.263. The second-order valence-electron chi connectivity index (χ2n) is 6.28. The van der Waals surface area contributed by atoms with Crippen LogP contribution in [-0.4, -0.2) is 11.7 Å². The number of carbonyl (C=O) groups is 2. The molecule has 0 saturated heterocycles. The zero-order chi connectivity index (χ0) is 17.6. The number of Topliss-reactive ketones (excluding diaryl/α,β-unsaturated/α-hetero) is 1. The van der Waals surface area contributed by atoms with Crippen molar-refractivity contribution in [2.75, 3.05) is 4.90 Å². The lowest BCUT2D eigenvalue weighted by Gasteiger charge is -2.32. The van der Waals surface area contributed by atoms with E-state index in [-0.39, 0.29) is 34.1 Å². The zero-order valence-electron chi connectivity index (χ0n) is 13.7. The Hall–Kier alpha value is -2.01. The maximum atomic E-state index is 13.9. The lowest BCUT2D eigenvalue weighted by molar-refractivity contribution is -0.117. The second kappa shape index (κ2) is 6.13. The second-order valence-corrected chi connectivity index (χ2v) is 7.13. The quantitative estimate of drug-likeness (QED) is 0.655. The summed E-state index contributed by atoms with van der Waals surface area (Å²) in [5.74, 6) is -0.942. The molecule has 0 saturated carbocycles. The van der Waals surface area contributed by atoms with Gasteiger partial charge in [0.1, 0.15) is 5.82 Å². The summed E-state index contributed by atoms with van der Waals surface area (Å²) in [4.78, 5) is 26.5. The fourth-order valence-corrected chi connectivity index (χ4v) is 3.42. The van der Waals surface area contributed by atoms with Gasteiger partial charge in [-0.2, -0.15) is 0 Å². The lowest BCUT2D eigenvalue weighted by atomic mass is 9.93. The van der Waals surface area contributed by atoms with Crippen LogP contribution in [0.2, 0.25) is 0 Å². The van der Waals surface area contributed by atoms with Crippen molar-refractivity contribution >= 4 is 39.0 Å². The standard InChI is InChI=1S/C19H17BrFNO2/c1-10(2)12-6-4-5-11(3)19(12)22-16-8-14(20)15(21)7-13(16)17(23)9-18(22)24/h4-8,10H,9H2,1-3H3. The SMILES string of the molecule is Cc1cccc(C(C)C)c1N1C(=O)CC(=O)c2cc(F)c(Br)cc21. The molecule has 3 rings (SSSR count). The third kappa shape index (κ3) is 2.67. The van der Waals surface area contributed by atoms with Gasteiger partial charge in [-0.25, -0.2) is 4.39 Å². The Morgan fingerprint density at radius 2 is 1.92 bits per heavy atom. The summed E-state index contributed by atoms with van der Waals surface area (Å²) in [5.41, 5.74) is 3.41. The van der Waals surface area contributed by atoms with Crippen LogP contribution in [0, 0.1) is 12.7 Å². The summed E-state index contributed by atoms with van der Waals surface area (Å²) >= 11 is 3.16. The van der Waals surface area contributed by atoms with Gasteiger partial charge in [-0.1, -0.05) is 32.0 Å². The molecule has 0 unspecified atom stereocenters. The van der Waals surface area contributed by atoms with Crippen molar-refractivity contribution in [3.8, 4) is 0 Å². The first-order valence-electron chi connectivity index (χ1n) is 7.76. The van der Waals surface area contributed by atoms with Crippen LogP contribution in [0.25, 0.3) is 0 Å². The van der Waals surface area contributed by atoms with E-state index in [9.17, 15) is 14.0 Å². The summed E-state index contributed by atoms with van der Waals surface area (Å²) in [5, 5.41) is 0. The van der Waals surface area contributed by atoms with Gasteiger partial charge in [-0.3, -0.25) is 14.5 Å². The molecule has 0 aromatic heterocycles. The van der Waals surface area contributed by atoms with Crippen molar-refractivity contribution in [1.29, 1.82) is 0 Å². The highest BCUT2D eigenvalue weighted by Crippen LogP contribution is 2.41. The molecule has 1 heterocycles. The van der Waals surface area contributed by atoms with E-state index < -0.39 is 5.82 Å². The fourth-order valence-electron chi connectivity index (χ4n) is 3.09. The smallest absolute Gasteiger partial charge is 0.239 e. The van der Waals surface area contributed by atoms with Gasteiger partial charge in [-0.15, -0.1) is 0 Å². The topological polar surface area (TPSA) is 37.4 Å². The predicted molar refractivity (Wildman–Crippen MR) is 95.5 cm³/mol. The number of benzene rings is 2. The van der Waals surface area contributed by atoms with Crippen molar-refractivity contribution in [2.45, 2.75) is 33.1 Å². The predicted octanol–water partition coefficient (Wildman–Crippen LogP) is 5.27. The Morgan fingerprint density at radius 3 is 2.58 bits per heavy atom. The number of rotatable bonds is 2. The van der Waals surface area contributed by atoms with E-state index in [1.165, 1.54) is 12.1 Å². The minimum absolute atomic E-state index is 0.206. The molecule has 0 spiro atoms. The minimum atomic E-state index is -0.509. The van der Waals surface area contributed by atoms with Gasteiger partial charge in [0.25, 0.3) is 0 Å². The normalized spacial score (nSPS) is 14.3. The highest BCUT2D eigenvalue weighted by atomic mass is 79.9. The Morgan fingerprint density at radius 1 is 1.21 bits per heavy atom. The van der Waals surface area contributed by atoms with Crippen LogP contribution in [0.5, 0.6) is 0 Å². The molecular formula is C19H17BrFNO2. The minimum Gasteiger partial charge on any atom is -0.294 e. The third-order valence-electron chi connectivity index (χ3n) is 4.26. The highest BCUT2D eigenvalue weighted by Gasteiger charge is 2.34. The van der Waals surface area contributed by atoms with Gasteiger partial charge >= 0.3 is 0 Å². The number of carbonyl (C=O) groups excluding carboxylic acids is 2. The maximum absolute atomic E-state index is 13.9. The summed E-state index contributed by atoms with van der Waals surface area (Å²) < 4.78 is 14.1. The summed E-state index contributed by atoms with van der Waals surface area (Å²) in [6.45, 7) is 6.04. The monoisotopic (exact) mass is 389 g/mol. The van der Waals surface area contributed by atoms with Crippen molar-refractivity contribution < 1.29 is 14.0 Å². The molecule has 3 nitrogen and oxygen atoms in total. The van der Waals surface area contributed by atoms with E-state index in [2.05, 4.69) is 29.8 Å². The van der Waals surface area contributed by atoms with E-state index in [4.69, 9.17) is 0 Å². The van der Waals surface area contributed by atoms with Crippen LogP contribution in [0.4, 0.5) is 15.8 Å². The van der Waals surface area contributed by atoms with Crippen LogP contribution in [0.15, 0.2) is 34.8 Å². The van der Waals surface area contributed by atoms with Crippen LogP contribution >= 0.6 is 15.9 Å². The summed E-state index contributed by atoms with van der Waals surface area (Å²) in [6, 6.07) is 8.58. The zero-order valence-corrected chi connectivity index (χ0v) is 15.3. The van der Waals surface area contributed by atoms with E-state index in [1.807, 2.05) is 25.1 Å². The number of hydrogen-bond donors (Lipinski definition) is 0. The Bertz CT molecular complexity index is 861. The molecule has 2 aromatic rings. The molecule has 0 N–H and O–H groups in total. The molecule has 124 valence electrons. The van der Waals surface area contributed by atoms with Gasteiger partial charge in [-0.05, 0) is 52.0 Å². The first kappa shape index (κ1) is 16.8. The molecule has 1 amide bonds. The molecule has 1 aliphatic heterocycles. The first-order valence-corrected chi connectivity index (χ1v) is 8.55. The van der Waals surface area contributed by atoms with Gasteiger partial charge in [0, 0.05) is 5.56 Å². The number of aryl methyl sites for hydroxylation is 1. The number of nitrogens with zero attached hydrogens (tertiary/aromatic N) is 1. The maximum Gasteiger partial charge on any atom is 0.239 e. The number of para-hydroxylation sites is 1. The van der Waals surface area contributed by atoms with E-state index in [0.717, 1.165) is 16.8 Å². The van der Waals surface area contributed by atoms with Crippen LogP contribution < -0.4 is 4.90 Å². The molecule has 0 aliphatic carbocycles. The van der Waals surface area contributed by atoms with Crippen LogP contribution in [0.3, 0.4) is 0 Å². The van der Waals surface area contributed by atoms with Crippen molar-refractivity contribution in [3.63, 3.8) is 0 Å². The Balaban J connectivity index is 2.31. The van der Waals surface area contributed by atoms with Crippen LogP contribution in [0.1, 0.15) is 47.7 Å². The molecule has 24 heavy (non-hydrogen) atoms. The molecule has 0 fully saturated rings. The molecule has 0 atom stereocenters. The van der Waals surface area contributed by atoms with Crippen molar-refractivity contribution in [2.24, 2.45) is 0 Å². The number of fused-ring (bicyclic) bond motifs is 1. The lowest BCUT2D eigenvalue weighted by Crippen LogP contribution is -2.35. The summed E-state index contributed by atoms with van der Waals surface area (Å²) in [6.07, 6.45) is -0.250. The molecule has 0 bridgehead atoms. The van der Waals surface area contributed by atoms with Gasteiger partial charge < -0.3 is 0 Å². The Labute approximate surface area is 148 Å². The molecule has 5 heteroatoms. The van der Waals surface area contributed by atoms with Crippen LogP contribution in [-0.2, 0) is 4.79 Å². The summed E-state index contributed by atoms with van der Waals surface area (Å²) in [7, 11) is 0. The molecular weight excluding hydrogens is 373 g/mol. The molecule has 1 aliphatic rings. The van der Waals surface area contributed by atoms with Gasteiger partial charge in [0.15, 0.2) is 5.78 Å². The number of ketones is 1. The molecule has 0 radical (unpaired) electrons. The van der Waals surface area contributed by atoms with Crippen molar-refractivity contribution in [1.82, 2.24) is 0 Å². The average Bonchev–Trinajstić information content (AvgIpc) is 2.50. The number of hydrogen-bond acceptors (Lipinski definition) is 2. The number of anilines is 2. The first-order chi connectivity index (χ1) is 11.3. The van der Waals surface area contributed by atoms with E-state index in [1.54, 1.807) is 4.90 Å². The van der Waals surface area contributed by atoms with Gasteiger partial charge in [0.05, 0.1) is 22.3 Å². The number of halogens is 2. The average molecular weight is 390 g/mol. The van der Waals surface area contributed by atoms with E-state index in [0.29, 0.717) is 5.69 Å². The van der Waals surface area contributed by atoms with Gasteiger partial charge in [0.2, 0.25) is 5.91 Å². The largest absolute Gasteiger partial charge is 0.294 e. The van der Waals surface area contributed by atoms with Crippen molar-refractivity contribution in [3.05, 3.63) is 57.3 Å². The highest BCUT2D eigenvalue weighted by molar-refractivity contribution is 9.10. The number of amides is 1. The third-order valence-corrected chi connectivity index (χ3v) is 4.86.